The summed E-state index contributed by atoms with van der Waals surface area (Å²) in [4.78, 5) is 15.0. The highest BCUT2D eigenvalue weighted by atomic mass is 16.4. The van der Waals surface area contributed by atoms with Crippen molar-refractivity contribution in [3.05, 3.63) is 59.7 Å². The number of carbonyl (C=O) groups is 1. The summed E-state index contributed by atoms with van der Waals surface area (Å²) in [6, 6.07) is 18.2. The molecule has 2 aromatic carbocycles. The van der Waals surface area contributed by atoms with Crippen LogP contribution in [0.5, 0.6) is 0 Å². The zero-order chi connectivity index (χ0) is 22.6. The predicted octanol–water partition coefficient (Wildman–Crippen LogP) is 4.30. The Bertz CT molecular complexity index is 969. The second-order valence-electron chi connectivity index (χ2n) is 9.10. The van der Waals surface area contributed by atoms with Crippen LogP contribution in [0.4, 0.5) is 4.79 Å². The number of carboxylic acid groups (broad SMARTS) is 1. The number of amides is 1. The van der Waals surface area contributed by atoms with Crippen LogP contribution in [0, 0.1) is 11.3 Å². The Hall–Kier alpha value is -2.88. The van der Waals surface area contributed by atoms with Gasteiger partial charge in [0.05, 0.1) is 17.2 Å². The lowest BCUT2D eigenvalue weighted by Crippen LogP contribution is -2.51. The molecular weight excluding hydrogens is 402 g/mol. The highest BCUT2D eigenvalue weighted by Crippen LogP contribution is 2.41. The van der Waals surface area contributed by atoms with E-state index >= 15 is 0 Å². The fourth-order valence-corrected chi connectivity index (χ4v) is 5.15. The van der Waals surface area contributed by atoms with Gasteiger partial charge in [0.25, 0.3) is 0 Å². The number of nitriles is 1. The van der Waals surface area contributed by atoms with Crippen molar-refractivity contribution >= 4 is 6.09 Å². The number of benzene rings is 2. The fraction of sp³-hybridized carbons (Fsp3) is 0.462. The molecule has 0 aromatic heterocycles. The maximum atomic E-state index is 11.6. The number of hydrogen-bond acceptors (Lipinski definition) is 4. The van der Waals surface area contributed by atoms with Crippen LogP contribution < -0.4 is 0 Å². The lowest BCUT2D eigenvalue weighted by atomic mass is 9.72. The molecule has 2 fully saturated rings. The van der Waals surface area contributed by atoms with Gasteiger partial charge in [0, 0.05) is 38.6 Å². The molecule has 2 aliphatic rings. The molecule has 168 valence electrons. The minimum atomic E-state index is -0.858. The van der Waals surface area contributed by atoms with E-state index in [1.54, 1.807) is 6.07 Å². The van der Waals surface area contributed by atoms with Gasteiger partial charge in [0.1, 0.15) is 0 Å². The van der Waals surface area contributed by atoms with Gasteiger partial charge in [-0.2, -0.15) is 5.26 Å². The summed E-state index contributed by atoms with van der Waals surface area (Å²) in [5, 5.41) is 30.1. The number of rotatable bonds is 5. The second kappa shape index (κ2) is 9.72. The highest BCUT2D eigenvalue weighted by Gasteiger charge is 2.40. The average molecular weight is 434 g/mol. The van der Waals surface area contributed by atoms with Crippen LogP contribution in [-0.2, 0) is 0 Å². The second-order valence-corrected chi connectivity index (χ2v) is 9.10. The topological polar surface area (TPSA) is 87.8 Å². The van der Waals surface area contributed by atoms with Crippen molar-refractivity contribution in [3.63, 3.8) is 0 Å². The maximum absolute atomic E-state index is 11.6. The summed E-state index contributed by atoms with van der Waals surface area (Å²) in [5.41, 5.74) is 3.09. The molecule has 0 spiro atoms. The van der Waals surface area contributed by atoms with Crippen molar-refractivity contribution < 1.29 is 15.0 Å². The molecule has 1 unspecified atom stereocenters. The normalized spacial score (nSPS) is 19.8. The molecule has 1 aliphatic carbocycles. The SMILES string of the molecule is N#Cc1cccc(-c2ccc(C(CN3CCN(C(=O)O)CC3)C3(O)CCCCC3)cc2)c1. The van der Waals surface area contributed by atoms with Crippen molar-refractivity contribution in [1.82, 2.24) is 9.80 Å². The molecule has 6 heteroatoms. The van der Waals surface area contributed by atoms with Crippen molar-refractivity contribution in [2.24, 2.45) is 0 Å². The Labute approximate surface area is 189 Å². The summed E-state index contributed by atoms with van der Waals surface area (Å²) < 4.78 is 0. The third-order valence-electron chi connectivity index (χ3n) is 7.09. The smallest absolute Gasteiger partial charge is 0.407 e. The van der Waals surface area contributed by atoms with E-state index in [0.29, 0.717) is 31.7 Å². The van der Waals surface area contributed by atoms with Gasteiger partial charge in [-0.05, 0) is 41.7 Å². The van der Waals surface area contributed by atoms with Crippen LogP contribution in [0.15, 0.2) is 48.5 Å². The molecule has 32 heavy (non-hydrogen) atoms. The maximum Gasteiger partial charge on any atom is 0.407 e. The summed E-state index contributed by atoms with van der Waals surface area (Å²) in [5.74, 6) is -0.0151. The van der Waals surface area contributed by atoms with Crippen molar-refractivity contribution in [3.8, 4) is 17.2 Å². The van der Waals surface area contributed by atoms with Gasteiger partial charge in [-0.3, -0.25) is 4.90 Å². The van der Waals surface area contributed by atoms with Crippen LogP contribution in [0.2, 0.25) is 0 Å². The minimum absolute atomic E-state index is 0.0151. The molecule has 6 nitrogen and oxygen atoms in total. The predicted molar refractivity (Wildman–Crippen MR) is 123 cm³/mol. The van der Waals surface area contributed by atoms with Crippen molar-refractivity contribution in [1.29, 1.82) is 5.26 Å². The molecule has 1 amide bonds. The molecular formula is C26H31N3O3. The van der Waals surface area contributed by atoms with E-state index in [-0.39, 0.29) is 5.92 Å². The van der Waals surface area contributed by atoms with Gasteiger partial charge < -0.3 is 15.1 Å². The number of hydrogen-bond donors (Lipinski definition) is 2. The van der Waals surface area contributed by atoms with Gasteiger partial charge in [0.2, 0.25) is 0 Å². The first kappa shape index (κ1) is 22.3. The average Bonchev–Trinajstić information content (AvgIpc) is 2.83. The Balaban J connectivity index is 1.56. The fourth-order valence-electron chi connectivity index (χ4n) is 5.15. The van der Waals surface area contributed by atoms with E-state index in [4.69, 9.17) is 0 Å². The third-order valence-corrected chi connectivity index (χ3v) is 7.09. The van der Waals surface area contributed by atoms with Gasteiger partial charge >= 0.3 is 6.09 Å². The molecule has 1 saturated heterocycles. The lowest BCUT2D eigenvalue weighted by Gasteiger charge is -2.43. The van der Waals surface area contributed by atoms with Crippen molar-refractivity contribution in [2.75, 3.05) is 32.7 Å². The zero-order valence-electron chi connectivity index (χ0n) is 18.4. The van der Waals surface area contributed by atoms with E-state index in [9.17, 15) is 20.3 Å². The van der Waals surface area contributed by atoms with Gasteiger partial charge in [0.15, 0.2) is 0 Å². The molecule has 2 aromatic rings. The molecule has 1 atom stereocenters. The summed E-state index contributed by atoms with van der Waals surface area (Å²) in [6.07, 6.45) is 4.00. The first-order chi connectivity index (χ1) is 15.5. The first-order valence-electron chi connectivity index (χ1n) is 11.5. The molecule has 1 aliphatic heterocycles. The molecule has 0 bridgehead atoms. The number of aliphatic hydroxyl groups is 1. The number of piperazine rings is 1. The zero-order valence-corrected chi connectivity index (χ0v) is 18.4. The molecule has 2 N–H and O–H groups in total. The Kier molecular flexibility index (Phi) is 6.78. The van der Waals surface area contributed by atoms with Gasteiger partial charge in [-0.25, -0.2) is 4.79 Å². The van der Waals surface area contributed by atoms with E-state index in [1.165, 1.54) is 11.3 Å². The lowest BCUT2D eigenvalue weighted by molar-refractivity contribution is -0.0338. The van der Waals surface area contributed by atoms with Crippen LogP contribution in [-0.4, -0.2) is 64.4 Å². The largest absolute Gasteiger partial charge is 0.465 e. The molecule has 1 heterocycles. The number of nitrogens with zero attached hydrogens (tertiary/aromatic N) is 3. The van der Waals surface area contributed by atoms with E-state index in [0.717, 1.165) is 48.9 Å². The third kappa shape index (κ3) is 4.95. The first-order valence-corrected chi connectivity index (χ1v) is 11.5. The Morgan fingerprint density at radius 2 is 1.69 bits per heavy atom. The summed E-state index contributed by atoms with van der Waals surface area (Å²) in [6.45, 7) is 3.13. The van der Waals surface area contributed by atoms with Gasteiger partial charge in [-0.1, -0.05) is 55.7 Å². The van der Waals surface area contributed by atoms with E-state index in [1.807, 2.05) is 18.2 Å². The molecule has 0 radical (unpaired) electrons. The van der Waals surface area contributed by atoms with Crippen LogP contribution >= 0.6 is 0 Å². The van der Waals surface area contributed by atoms with E-state index in [2.05, 4.69) is 35.2 Å². The van der Waals surface area contributed by atoms with Gasteiger partial charge in [-0.15, -0.1) is 0 Å². The van der Waals surface area contributed by atoms with Crippen LogP contribution in [0.25, 0.3) is 11.1 Å². The Morgan fingerprint density at radius 1 is 1.00 bits per heavy atom. The Morgan fingerprint density at radius 3 is 2.31 bits per heavy atom. The molecule has 4 rings (SSSR count). The summed E-state index contributed by atoms with van der Waals surface area (Å²) in [7, 11) is 0. The van der Waals surface area contributed by atoms with Crippen LogP contribution in [0.1, 0.15) is 49.1 Å². The minimum Gasteiger partial charge on any atom is -0.465 e. The van der Waals surface area contributed by atoms with Crippen LogP contribution in [0.3, 0.4) is 0 Å². The van der Waals surface area contributed by atoms with Crippen molar-refractivity contribution in [2.45, 2.75) is 43.6 Å². The van der Waals surface area contributed by atoms with E-state index < -0.39 is 11.7 Å². The summed E-state index contributed by atoms with van der Waals surface area (Å²) >= 11 is 0. The quantitative estimate of drug-likeness (QED) is 0.734. The monoisotopic (exact) mass is 433 g/mol. The molecule has 1 saturated carbocycles. The standard InChI is InChI=1S/C26H31N3O3/c27-18-20-5-4-6-23(17-20)21-7-9-22(10-8-21)24(26(32)11-2-1-3-12-26)19-28-13-15-29(16-14-28)25(30)31/h4-10,17,24,32H,1-3,11-16,19H2,(H,30,31). The highest BCUT2D eigenvalue weighted by molar-refractivity contribution is 5.66.